The molecule has 96 valence electrons. The fourth-order valence-electron chi connectivity index (χ4n) is 1.68. The molecule has 0 spiro atoms. The van der Waals surface area contributed by atoms with Crippen LogP contribution in [0.1, 0.15) is 35.9 Å². The van der Waals surface area contributed by atoms with E-state index >= 15 is 0 Å². The van der Waals surface area contributed by atoms with Crippen LogP contribution in [0.4, 0.5) is 0 Å². The van der Waals surface area contributed by atoms with Crippen molar-refractivity contribution < 1.29 is 9.15 Å². The van der Waals surface area contributed by atoms with E-state index in [2.05, 4.69) is 10.2 Å². The molecule has 0 aliphatic carbocycles. The molecule has 0 saturated heterocycles. The van der Waals surface area contributed by atoms with Crippen molar-refractivity contribution in [2.45, 2.75) is 33.4 Å². The molecule has 0 aliphatic heterocycles. The van der Waals surface area contributed by atoms with Crippen LogP contribution in [0.25, 0.3) is 0 Å². The Morgan fingerprint density at radius 2 is 2.11 bits per heavy atom. The van der Waals surface area contributed by atoms with Gasteiger partial charge in [-0.05, 0) is 25.5 Å². The van der Waals surface area contributed by atoms with Gasteiger partial charge < -0.3 is 14.9 Å². The van der Waals surface area contributed by atoms with Crippen LogP contribution in [-0.4, -0.2) is 10.2 Å². The Balaban J connectivity index is 2.15. The second-order valence-electron chi connectivity index (χ2n) is 4.33. The summed E-state index contributed by atoms with van der Waals surface area (Å²) in [5.41, 5.74) is 8.00. The second kappa shape index (κ2) is 5.18. The van der Waals surface area contributed by atoms with E-state index in [9.17, 15) is 0 Å². The van der Waals surface area contributed by atoms with Gasteiger partial charge in [-0.2, -0.15) is 0 Å². The third kappa shape index (κ3) is 2.87. The summed E-state index contributed by atoms with van der Waals surface area (Å²) >= 11 is 0. The lowest BCUT2D eigenvalue weighted by Crippen LogP contribution is -2.08. The normalized spacial score (nSPS) is 12.4. The van der Waals surface area contributed by atoms with E-state index in [1.54, 1.807) is 6.92 Å². The van der Waals surface area contributed by atoms with Crippen molar-refractivity contribution in [2.24, 2.45) is 5.73 Å². The Bertz CT molecular complexity index is 535. The van der Waals surface area contributed by atoms with Crippen LogP contribution in [0.3, 0.4) is 0 Å². The van der Waals surface area contributed by atoms with E-state index in [1.807, 2.05) is 32.0 Å². The molecule has 0 aliphatic rings. The number of aryl methyl sites for hydroxylation is 2. The highest BCUT2D eigenvalue weighted by Gasteiger charge is 2.10. The highest BCUT2D eigenvalue weighted by Crippen LogP contribution is 2.25. The van der Waals surface area contributed by atoms with E-state index in [0.29, 0.717) is 11.8 Å². The minimum absolute atomic E-state index is 0.0787. The lowest BCUT2D eigenvalue weighted by molar-refractivity contribution is 0.257. The third-order valence-electron chi connectivity index (χ3n) is 2.58. The van der Waals surface area contributed by atoms with Gasteiger partial charge in [0.2, 0.25) is 5.89 Å². The average molecular weight is 247 g/mol. The van der Waals surface area contributed by atoms with Crippen molar-refractivity contribution in [3.63, 3.8) is 0 Å². The van der Waals surface area contributed by atoms with Crippen molar-refractivity contribution in [1.82, 2.24) is 10.2 Å². The summed E-state index contributed by atoms with van der Waals surface area (Å²) in [7, 11) is 0. The molecular weight excluding hydrogens is 230 g/mol. The van der Waals surface area contributed by atoms with Crippen molar-refractivity contribution in [2.75, 3.05) is 0 Å². The number of aromatic nitrogens is 2. The zero-order valence-electron chi connectivity index (χ0n) is 10.8. The Kier molecular flexibility index (Phi) is 3.62. The Morgan fingerprint density at radius 3 is 2.72 bits per heavy atom. The van der Waals surface area contributed by atoms with E-state index in [-0.39, 0.29) is 12.6 Å². The molecule has 0 amide bonds. The lowest BCUT2D eigenvalue weighted by atomic mass is 10.1. The number of hydrogen-bond donors (Lipinski definition) is 1. The average Bonchev–Trinajstić information content (AvgIpc) is 2.72. The van der Waals surface area contributed by atoms with Crippen molar-refractivity contribution in [3.8, 4) is 5.75 Å². The van der Waals surface area contributed by atoms with Crippen molar-refractivity contribution in [3.05, 3.63) is 41.1 Å². The maximum absolute atomic E-state index is 5.91. The maximum Gasteiger partial charge on any atom is 0.253 e. The molecule has 1 unspecified atom stereocenters. The second-order valence-corrected chi connectivity index (χ2v) is 4.33. The van der Waals surface area contributed by atoms with Crippen LogP contribution in [0.2, 0.25) is 0 Å². The summed E-state index contributed by atoms with van der Waals surface area (Å²) in [5, 5.41) is 7.64. The molecule has 2 N–H and O–H groups in total. The van der Waals surface area contributed by atoms with Gasteiger partial charge in [0.1, 0.15) is 5.75 Å². The van der Waals surface area contributed by atoms with Gasteiger partial charge >= 0.3 is 0 Å². The highest BCUT2D eigenvalue weighted by atomic mass is 16.5. The molecule has 2 aromatic rings. The quantitative estimate of drug-likeness (QED) is 0.897. The first kappa shape index (κ1) is 12.6. The SMILES string of the molecule is Cc1ccc(C(C)N)c(OCc2nnc(C)o2)c1. The van der Waals surface area contributed by atoms with Gasteiger partial charge in [0, 0.05) is 18.5 Å². The monoisotopic (exact) mass is 247 g/mol. The summed E-state index contributed by atoms with van der Waals surface area (Å²) in [4.78, 5) is 0. The Labute approximate surface area is 106 Å². The first-order valence-electron chi connectivity index (χ1n) is 5.84. The predicted molar refractivity (Wildman–Crippen MR) is 67.1 cm³/mol. The maximum atomic E-state index is 5.91. The van der Waals surface area contributed by atoms with E-state index < -0.39 is 0 Å². The zero-order valence-corrected chi connectivity index (χ0v) is 10.8. The first-order chi connectivity index (χ1) is 8.56. The fraction of sp³-hybridized carbons (Fsp3) is 0.385. The third-order valence-corrected chi connectivity index (χ3v) is 2.58. The molecule has 0 radical (unpaired) electrons. The summed E-state index contributed by atoms with van der Waals surface area (Å²) < 4.78 is 11.0. The minimum Gasteiger partial charge on any atom is -0.483 e. The summed E-state index contributed by atoms with van der Waals surface area (Å²) in [6.45, 7) is 5.93. The van der Waals surface area contributed by atoms with Gasteiger partial charge in [-0.15, -0.1) is 10.2 Å². The molecule has 2 rings (SSSR count). The molecular formula is C13H17N3O2. The number of ether oxygens (including phenoxy) is 1. The molecule has 1 atom stereocenters. The van der Waals surface area contributed by atoms with Gasteiger partial charge in [-0.1, -0.05) is 12.1 Å². The molecule has 1 aromatic carbocycles. The van der Waals surface area contributed by atoms with Crippen LogP contribution in [-0.2, 0) is 6.61 Å². The molecule has 0 bridgehead atoms. The molecule has 5 nitrogen and oxygen atoms in total. The predicted octanol–water partition coefficient (Wildman–Crippen LogP) is 2.29. The molecule has 0 saturated carbocycles. The minimum atomic E-state index is -0.0787. The van der Waals surface area contributed by atoms with E-state index in [0.717, 1.165) is 16.9 Å². The van der Waals surface area contributed by atoms with Crippen LogP contribution in [0.15, 0.2) is 22.6 Å². The van der Waals surface area contributed by atoms with Gasteiger partial charge in [0.25, 0.3) is 5.89 Å². The number of hydrogen-bond acceptors (Lipinski definition) is 5. The van der Waals surface area contributed by atoms with Gasteiger partial charge in [-0.25, -0.2) is 0 Å². The van der Waals surface area contributed by atoms with E-state index in [4.69, 9.17) is 14.9 Å². The molecule has 18 heavy (non-hydrogen) atoms. The standard InChI is InChI=1S/C13H17N3O2/c1-8-4-5-11(9(2)14)12(6-8)17-7-13-16-15-10(3)18-13/h4-6,9H,7,14H2,1-3H3. The topological polar surface area (TPSA) is 74.2 Å². The first-order valence-corrected chi connectivity index (χ1v) is 5.84. The van der Waals surface area contributed by atoms with Crippen molar-refractivity contribution >= 4 is 0 Å². The Hall–Kier alpha value is -1.88. The van der Waals surface area contributed by atoms with E-state index in [1.165, 1.54) is 0 Å². The van der Waals surface area contributed by atoms with Gasteiger partial charge in [-0.3, -0.25) is 0 Å². The van der Waals surface area contributed by atoms with Crippen molar-refractivity contribution in [1.29, 1.82) is 0 Å². The van der Waals surface area contributed by atoms with Crippen LogP contribution < -0.4 is 10.5 Å². The smallest absolute Gasteiger partial charge is 0.253 e. The highest BCUT2D eigenvalue weighted by molar-refractivity contribution is 5.38. The summed E-state index contributed by atoms with van der Waals surface area (Å²) in [5.74, 6) is 1.76. The number of nitrogens with zero attached hydrogens (tertiary/aromatic N) is 2. The van der Waals surface area contributed by atoms with Gasteiger partial charge in [0.05, 0.1) is 0 Å². The number of nitrogens with two attached hydrogens (primary N) is 1. The molecule has 5 heteroatoms. The van der Waals surface area contributed by atoms with Gasteiger partial charge in [0.15, 0.2) is 6.61 Å². The largest absolute Gasteiger partial charge is 0.483 e. The molecule has 1 aromatic heterocycles. The van der Waals surface area contributed by atoms with Crippen LogP contribution in [0.5, 0.6) is 5.75 Å². The lowest BCUT2D eigenvalue weighted by Gasteiger charge is -2.13. The molecule has 1 heterocycles. The Morgan fingerprint density at radius 1 is 1.33 bits per heavy atom. The van der Waals surface area contributed by atoms with Crippen LogP contribution in [0, 0.1) is 13.8 Å². The summed E-state index contributed by atoms with van der Waals surface area (Å²) in [6, 6.07) is 5.88. The molecule has 0 fully saturated rings. The number of rotatable bonds is 4. The zero-order chi connectivity index (χ0) is 13.1. The van der Waals surface area contributed by atoms with Crippen LogP contribution >= 0.6 is 0 Å². The summed E-state index contributed by atoms with van der Waals surface area (Å²) in [6.07, 6.45) is 0. The fourth-order valence-corrected chi connectivity index (χ4v) is 1.68. The number of benzene rings is 1.